The van der Waals surface area contributed by atoms with E-state index >= 15 is 0 Å². The summed E-state index contributed by atoms with van der Waals surface area (Å²) >= 11 is 3.42. The summed E-state index contributed by atoms with van der Waals surface area (Å²) in [6.45, 7) is 0. The van der Waals surface area contributed by atoms with Crippen LogP contribution in [0.3, 0.4) is 0 Å². The molecule has 0 bridgehead atoms. The largest absolute Gasteiger partial charge is 0.465 e. The number of methoxy groups -OCH3 is 1. The van der Waals surface area contributed by atoms with Crippen LogP contribution in [0, 0.1) is 0 Å². The SMILES string of the molecule is COC(=O)c1ccc(-c2ccc3ccccc3n2)cc1CBr. The average Bonchev–Trinajstić information content (AvgIpc) is 2.60. The Morgan fingerprint density at radius 2 is 1.95 bits per heavy atom. The van der Waals surface area contributed by atoms with Gasteiger partial charge in [0.05, 0.1) is 23.9 Å². The highest BCUT2D eigenvalue weighted by atomic mass is 79.9. The molecule has 0 spiro atoms. The number of pyridine rings is 1. The van der Waals surface area contributed by atoms with E-state index in [1.54, 1.807) is 6.07 Å². The smallest absolute Gasteiger partial charge is 0.338 e. The Labute approximate surface area is 137 Å². The molecular formula is C18H14BrNO2. The van der Waals surface area contributed by atoms with Crippen molar-refractivity contribution in [3.05, 3.63) is 65.7 Å². The van der Waals surface area contributed by atoms with Gasteiger partial charge < -0.3 is 4.74 Å². The number of hydrogen-bond acceptors (Lipinski definition) is 3. The summed E-state index contributed by atoms with van der Waals surface area (Å²) in [5, 5.41) is 1.69. The number of esters is 1. The van der Waals surface area contributed by atoms with Gasteiger partial charge in [-0.3, -0.25) is 0 Å². The number of halogens is 1. The highest BCUT2D eigenvalue weighted by molar-refractivity contribution is 9.08. The van der Waals surface area contributed by atoms with Gasteiger partial charge in [0.25, 0.3) is 0 Å². The monoisotopic (exact) mass is 355 g/mol. The third-order valence-corrected chi connectivity index (χ3v) is 4.15. The number of alkyl halides is 1. The van der Waals surface area contributed by atoms with Crippen molar-refractivity contribution >= 4 is 32.8 Å². The van der Waals surface area contributed by atoms with Crippen LogP contribution in [-0.4, -0.2) is 18.1 Å². The molecule has 3 aromatic rings. The lowest BCUT2D eigenvalue weighted by Crippen LogP contribution is -2.05. The molecule has 4 heteroatoms. The van der Waals surface area contributed by atoms with Gasteiger partial charge in [-0.2, -0.15) is 0 Å². The lowest BCUT2D eigenvalue weighted by atomic mass is 10.0. The lowest BCUT2D eigenvalue weighted by Gasteiger charge is -2.09. The first kappa shape index (κ1) is 14.7. The summed E-state index contributed by atoms with van der Waals surface area (Å²) in [5.41, 5.74) is 4.28. The Bertz CT molecular complexity index is 845. The van der Waals surface area contributed by atoms with Crippen molar-refractivity contribution in [2.75, 3.05) is 7.11 Å². The summed E-state index contributed by atoms with van der Waals surface area (Å²) in [5.74, 6) is -0.326. The number of fused-ring (bicyclic) bond motifs is 1. The number of carbonyl (C=O) groups excluding carboxylic acids is 1. The Kier molecular flexibility index (Phi) is 4.20. The summed E-state index contributed by atoms with van der Waals surface area (Å²) < 4.78 is 4.81. The summed E-state index contributed by atoms with van der Waals surface area (Å²) in [7, 11) is 1.39. The fraction of sp³-hybridized carbons (Fsp3) is 0.111. The number of benzene rings is 2. The van der Waals surface area contributed by atoms with Crippen LogP contribution >= 0.6 is 15.9 Å². The summed E-state index contributed by atoms with van der Waals surface area (Å²) in [4.78, 5) is 16.4. The molecule has 0 N–H and O–H groups in total. The maximum Gasteiger partial charge on any atom is 0.338 e. The molecule has 0 aliphatic heterocycles. The van der Waals surface area contributed by atoms with Gasteiger partial charge in [-0.1, -0.05) is 46.3 Å². The molecule has 22 heavy (non-hydrogen) atoms. The van der Waals surface area contributed by atoms with E-state index in [2.05, 4.69) is 27.0 Å². The average molecular weight is 356 g/mol. The van der Waals surface area contributed by atoms with Crippen molar-refractivity contribution in [3.8, 4) is 11.3 Å². The maximum atomic E-state index is 11.8. The fourth-order valence-electron chi connectivity index (χ4n) is 2.40. The standard InChI is InChI=1S/C18H14BrNO2/c1-22-18(21)15-8-6-13(10-14(15)11-19)17-9-7-12-4-2-3-5-16(12)20-17/h2-10H,11H2,1H3. The molecule has 0 atom stereocenters. The first-order valence-corrected chi connectivity index (χ1v) is 7.98. The third kappa shape index (κ3) is 2.74. The van der Waals surface area contributed by atoms with Gasteiger partial charge in [0, 0.05) is 16.3 Å². The molecular weight excluding hydrogens is 342 g/mol. The van der Waals surface area contributed by atoms with Crippen molar-refractivity contribution < 1.29 is 9.53 Å². The lowest BCUT2D eigenvalue weighted by molar-refractivity contribution is 0.0600. The van der Waals surface area contributed by atoms with Crippen molar-refractivity contribution in [2.24, 2.45) is 0 Å². The molecule has 1 heterocycles. The Morgan fingerprint density at radius 1 is 1.14 bits per heavy atom. The number of ether oxygens (including phenoxy) is 1. The molecule has 0 saturated heterocycles. The molecule has 0 fully saturated rings. The maximum absolute atomic E-state index is 11.8. The van der Waals surface area contributed by atoms with Crippen LogP contribution in [0.4, 0.5) is 0 Å². The van der Waals surface area contributed by atoms with E-state index in [-0.39, 0.29) is 5.97 Å². The van der Waals surface area contributed by atoms with Gasteiger partial charge >= 0.3 is 5.97 Å². The highest BCUT2D eigenvalue weighted by Gasteiger charge is 2.12. The molecule has 0 aliphatic carbocycles. The zero-order valence-corrected chi connectivity index (χ0v) is 13.6. The Balaban J connectivity index is 2.08. The second kappa shape index (κ2) is 6.28. The van der Waals surface area contributed by atoms with Gasteiger partial charge in [0.1, 0.15) is 0 Å². The van der Waals surface area contributed by atoms with Gasteiger partial charge in [-0.25, -0.2) is 9.78 Å². The summed E-state index contributed by atoms with van der Waals surface area (Å²) in [6, 6.07) is 17.7. The molecule has 0 unspecified atom stereocenters. The van der Waals surface area contributed by atoms with Crippen LogP contribution < -0.4 is 0 Å². The Hall–Kier alpha value is -2.20. The van der Waals surface area contributed by atoms with Gasteiger partial charge in [-0.15, -0.1) is 0 Å². The van der Waals surface area contributed by atoms with Gasteiger partial charge in [0.15, 0.2) is 0 Å². The first-order chi connectivity index (χ1) is 10.7. The van der Waals surface area contributed by atoms with E-state index in [4.69, 9.17) is 4.74 Å². The van der Waals surface area contributed by atoms with E-state index in [9.17, 15) is 4.79 Å². The van der Waals surface area contributed by atoms with Crippen molar-refractivity contribution in [1.29, 1.82) is 0 Å². The van der Waals surface area contributed by atoms with Gasteiger partial charge in [-0.05, 0) is 29.8 Å². The fourth-order valence-corrected chi connectivity index (χ4v) is 2.86. The van der Waals surface area contributed by atoms with Crippen LogP contribution in [0.2, 0.25) is 0 Å². The van der Waals surface area contributed by atoms with Crippen molar-refractivity contribution in [3.63, 3.8) is 0 Å². The van der Waals surface area contributed by atoms with E-state index in [0.29, 0.717) is 10.9 Å². The molecule has 110 valence electrons. The van der Waals surface area contributed by atoms with Crippen LogP contribution in [0.5, 0.6) is 0 Å². The minimum absolute atomic E-state index is 0.326. The number of para-hydroxylation sites is 1. The van der Waals surface area contributed by atoms with Crippen LogP contribution in [0.1, 0.15) is 15.9 Å². The van der Waals surface area contributed by atoms with Crippen LogP contribution in [-0.2, 0) is 10.1 Å². The molecule has 3 rings (SSSR count). The number of aromatic nitrogens is 1. The predicted molar refractivity (Wildman–Crippen MR) is 91.1 cm³/mol. The quantitative estimate of drug-likeness (QED) is 0.509. The highest BCUT2D eigenvalue weighted by Crippen LogP contribution is 2.25. The third-order valence-electron chi connectivity index (χ3n) is 3.55. The summed E-state index contributed by atoms with van der Waals surface area (Å²) in [6.07, 6.45) is 0. The molecule has 0 saturated carbocycles. The molecule has 0 radical (unpaired) electrons. The topological polar surface area (TPSA) is 39.2 Å². The molecule has 3 nitrogen and oxygen atoms in total. The van der Waals surface area contributed by atoms with E-state index in [1.165, 1.54) is 7.11 Å². The normalized spacial score (nSPS) is 10.6. The number of carbonyl (C=O) groups is 1. The second-order valence-electron chi connectivity index (χ2n) is 4.89. The second-order valence-corrected chi connectivity index (χ2v) is 5.45. The molecule has 1 aromatic heterocycles. The Morgan fingerprint density at radius 3 is 2.73 bits per heavy atom. The van der Waals surface area contributed by atoms with Crippen LogP contribution in [0.25, 0.3) is 22.2 Å². The van der Waals surface area contributed by atoms with Crippen molar-refractivity contribution in [2.45, 2.75) is 5.33 Å². The van der Waals surface area contributed by atoms with E-state index in [1.807, 2.05) is 42.5 Å². The van der Waals surface area contributed by atoms with Crippen LogP contribution in [0.15, 0.2) is 54.6 Å². The van der Waals surface area contributed by atoms with E-state index < -0.39 is 0 Å². The molecule has 2 aromatic carbocycles. The van der Waals surface area contributed by atoms with Gasteiger partial charge in [0.2, 0.25) is 0 Å². The zero-order valence-electron chi connectivity index (χ0n) is 12.0. The molecule has 0 amide bonds. The number of rotatable bonds is 3. The minimum Gasteiger partial charge on any atom is -0.465 e. The zero-order chi connectivity index (χ0) is 15.5. The first-order valence-electron chi connectivity index (χ1n) is 6.86. The molecule has 0 aliphatic rings. The van der Waals surface area contributed by atoms with E-state index in [0.717, 1.165) is 27.7 Å². The van der Waals surface area contributed by atoms with Crippen molar-refractivity contribution in [1.82, 2.24) is 4.98 Å². The number of hydrogen-bond donors (Lipinski definition) is 0. The number of nitrogens with zero attached hydrogens (tertiary/aromatic N) is 1. The predicted octanol–water partition coefficient (Wildman–Crippen LogP) is 4.58. The minimum atomic E-state index is -0.326.